The van der Waals surface area contributed by atoms with Gasteiger partial charge in [-0.2, -0.15) is 0 Å². The van der Waals surface area contributed by atoms with Crippen molar-refractivity contribution in [3.8, 4) is 22.8 Å². The Labute approximate surface area is 200 Å². The Morgan fingerprint density at radius 1 is 1.06 bits per heavy atom. The fourth-order valence-electron chi connectivity index (χ4n) is 3.92. The maximum absolute atomic E-state index is 12.4. The zero-order chi connectivity index (χ0) is 24.4. The number of nitrogens with zero attached hydrogens (tertiary/aromatic N) is 6. The summed E-state index contributed by atoms with van der Waals surface area (Å²) in [6.07, 6.45) is 3.48. The van der Waals surface area contributed by atoms with Crippen molar-refractivity contribution in [2.75, 3.05) is 25.5 Å². The average Bonchev–Trinajstić information content (AvgIpc) is 3.50. The number of carbonyl (C=O) groups is 1. The molecule has 5 rings (SSSR count). The Morgan fingerprint density at radius 3 is 2.57 bits per heavy atom. The van der Waals surface area contributed by atoms with Crippen LogP contribution in [-0.2, 0) is 10.4 Å². The van der Waals surface area contributed by atoms with E-state index in [1.165, 1.54) is 11.0 Å². The second-order valence-electron chi connectivity index (χ2n) is 8.22. The molecule has 0 aromatic carbocycles. The molecule has 4 aromatic heterocycles. The van der Waals surface area contributed by atoms with E-state index < -0.39 is 17.6 Å². The van der Waals surface area contributed by atoms with Crippen LogP contribution < -0.4 is 5.32 Å². The van der Waals surface area contributed by atoms with Crippen LogP contribution in [0.4, 0.5) is 5.95 Å². The third-order valence-electron chi connectivity index (χ3n) is 5.89. The molecule has 2 atom stereocenters. The van der Waals surface area contributed by atoms with Crippen LogP contribution in [0.15, 0.2) is 65.4 Å². The minimum absolute atomic E-state index is 0.0899. The first-order chi connectivity index (χ1) is 17.0. The monoisotopic (exact) mass is 473 g/mol. The predicted molar refractivity (Wildman–Crippen MR) is 125 cm³/mol. The van der Waals surface area contributed by atoms with E-state index in [1.54, 1.807) is 49.8 Å². The largest absolute Gasteiger partial charge is 0.394 e. The summed E-state index contributed by atoms with van der Waals surface area (Å²) in [6, 6.07) is 13.6. The molecule has 0 aliphatic carbocycles. The van der Waals surface area contributed by atoms with E-state index >= 15 is 0 Å². The first kappa shape index (κ1) is 22.6. The standard InChI is InChI=1S/C24H23N7O4/c1-31-12-9-24(34,22(31)33)21-13-19(30-35-21)17-7-4-6-16(27-17)18-8-11-26-23(28-18)29-20(14-32)15-5-2-3-10-25-15/h2-8,10-11,13,20,32,34H,9,12,14H2,1H3,(H,26,28,29)/t20-,24+/m0/s1. The number of aliphatic hydroxyl groups is 2. The fraction of sp³-hybridized carbons (Fsp3) is 0.250. The van der Waals surface area contributed by atoms with Crippen LogP contribution in [-0.4, -0.2) is 66.3 Å². The van der Waals surface area contributed by atoms with Crippen LogP contribution in [0.5, 0.6) is 0 Å². The lowest BCUT2D eigenvalue weighted by molar-refractivity contribution is -0.144. The number of amides is 1. The highest BCUT2D eigenvalue weighted by Crippen LogP contribution is 2.34. The Morgan fingerprint density at radius 2 is 1.86 bits per heavy atom. The predicted octanol–water partition coefficient (Wildman–Crippen LogP) is 1.78. The van der Waals surface area contributed by atoms with Crippen LogP contribution in [0.25, 0.3) is 22.8 Å². The topological polar surface area (TPSA) is 150 Å². The molecule has 4 aromatic rings. The number of aromatic nitrogens is 5. The number of hydrogen-bond acceptors (Lipinski definition) is 10. The molecule has 1 fully saturated rings. The van der Waals surface area contributed by atoms with Crippen LogP contribution in [0.3, 0.4) is 0 Å². The van der Waals surface area contributed by atoms with E-state index in [2.05, 4.69) is 30.4 Å². The highest BCUT2D eigenvalue weighted by atomic mass is 16.5. The van der Waals surface area contributed by atoms with E-state index in [0.29, 0.717) is 41.0 Å². The molecule has 0 spiro atoms. The van der Waals surface area contributed by atoms with Crippen molar-refractivity contribution in [1.29, 1.82) is 0 Å². The molecule has 1 aliphatic heterocycles. The van der Waals surface area contributed by atoms with E-state index in [4.69, 9.17) is 4.52 Å². The molecule has 35 heavy (non-hydrogen) atoms. The van der Waals surface area contributed by atoms with Crippen LogP contribution in [0, 0.1) is 0 Å². The highest BCUT2D eigenvalue weighted by Gasteiger charge is 2.48. The molecule has 1 saturated heterocycles. The first-order valence-electron chi connectivity index (χ1n) is 11.0. The second-order valence-corrected chi connectivity index (χ2v) is 8.22. The Hall–Kier alpha value is -4.22. The number of hydrogen-bond donors (Lipinski definition) is 3. The van der Waals surface area contributed by atoms with Gasteiger partial charge in [-0.05, 0) is 30.3 Å². The summed E-state index contributed by atoms with van der Waals surface area (Å²) in [5.41, 5.74) is 0.944. The molecule has 0 radical (unpaired) electrons. The molecule has 3 N–H and O–H groups in total. The molecule has 178 valence electrons. The third kappa shape index (κ3) is 4.34. The van der Waals surface area contributed by atoms with Crippen molar-refractivity contribution in [1.82, 2.24) is 30.0 Å². The molecule has 11 heteroatoms. The summed E-state index contributed by atoms with van der Waals surface area (Å²) in [4.78, 5) is 31.5. The van der Waals surface area contributed by atoms with E-state index in [1.807, 2.05) is 12.1 Å². The normalized spacial score (nSPS) is 18.6. The van der Waals surface area contributed by atoms with Gasteiger partial charge in [0.05, 0.1) is 35.4 Å². The molecular formula is C24H23N7O4. The fourth-order valence-corrected chi connectivity index (χ4v) is 3.92. The van der Waals surface area contributed by atoms with Crippen molar-refractivity contribution in [2.45, 2.75) is 18.1 Å². The van der Waals surface area contributed by atoms with Gasteiger partial charge in [-0.25, -0.2) is 15.0 Å². The first-order valence-corrected chi connectivity index (χ1v) is 11.0. The lowest BCUT2D eigenvalue weighted by Crippen LogP contribution is -2.35. The molecule has 11 nitrogen and oxygen atoms in total. The number of carbonyl (C=O) groups excluding carboxylic acids is 1. The molecular weight excluding hydrogens is 450 g/mol. The van der Waals surface area contributed by atoms with Gasteiger partial charge in [0.1, 0.15) is 5.69 Å². The van der Waals surface area contributed by atoms with E-state index in [-0.39, 0.29) is 18.8 Å². The van der Waals surface area contributed by atoms with Crippen molar-refractivity contribution < 1.29 is 19.5 Å². The van der Waals surface area contributed by atoms with Gasteiger partial charge >= 0.3 is 0 Å². The SMILES string of the molecule is CN1CC[C@@](O)(c2cc(-c3cccc(-c4ccnc(N[C@@H](CO)c5ccccn5)n4)n3)no2)C1=O. The van der Waals surface area contributed by atoms with Crippen LogP contribution in [0.1, 0.15) is 23.9 Å². The zero-order valence-electron chi connectivity index (χ0n) is 18.9. The second kappa shape index (κ2) is 9.20. The maximum Gasteiger partial charge on any atom is 0.262 e. The Kier molecular flexibility index (Phi) is 5.93. The third-order valence-corrected chi connectivity index (χ3v) is 5.89. The number of likely N-dealkylation sites (tertiary alicyclic amines) is 1. The highest BCUT2D eigenvalue weighted by molar-refractivity contribution is 5.87. The van der Waals surface area contributed by atoms with Crippen molar-refractivity contribution in [3.05, 3.63) is 72.4 Å². The molecule has 1 aliphatic rings. The lowest BCUT2D eigenvalue weighted by atomic mass is 9.98. The zero-order valence-corrected chi connectivity index (χ0v) is 18.9. The Bertz CT molecular complexity index is 1350. The van der Waals surface area contributed by atoms with E-state index in [0.717, 1.165) is 0 Å². The molecule has 0 bridgehead atoms. The Balaban J connectivity index is 1.39. The maximum atomic E-state index is 12.4. The van der Waals surface area contributed by atoms with Crippen molar-refractivity contribution in [2.24, 2.45) is 0 Å². The minimum atomic E-state index is -1.72. The number of rotatable bonds is 7. The minimum Gasteiger partial charge on any atom is -0.394 e. The van der Waals surface area contributed by atoms with Gasteiger partial charge in [0.25, 0.3) is 5.91 Å². The summed E-state index contributed by atoms with van der Waals surface area (Å²) >= 11 is 0. The summed E-state index contributed by atoms with van der Waals surface area (Å²) in [5.74, 6) is -0.0174. The average molecular weight is 473 g/mol. The van der Waals surface area contributed by atoms with Gasteiger partial charge in [-0.1, -0.05) is 17.3 Å². The summed E-state index contributed by atoms with van der Waals surface area (Å²) < 4.78 is 5.33. The smallest absolute Gasteiger partial charge is 0.262 e. The lowest BCUT2D eigenvalue weighted by Gasteiger charge is -2.16. The van der Waals surface area contributed by atoms with Gasteiger partial charge < -0.3 is 25.0 Å². The quantitative estimate of drug-likeness (QED) is 0.362. The number of nitrogens with one attached hydrogen (secondary N) is 1. The summed E-state index contributed by atoms with van der Waals surface area (Å²) in [6.45, 7) is 0.248. The number of likely N-dealkylation sites (N-methyl/N-ethyl adjacent to an activating group) is 1. The van der Waals surface area contributed by atoms with Gasteiger partial charge in [0, 0.05) is 38.5 Å². The molecule has 1 amide bonds. The van der Waals surface area contributed by atoms with Crippen LogP contribution in [0.2, 0.25) is 0 Å². The number of aliphatic hydroxyl groups excluding tert-OH is 1. The number of pyridine rings is 2. The van der Waals surface area contributed by atoms with Crippen molar-refractivity contribution >= 4 is 11.9 Å². The van der Waals surface area contributed by atoms with Gasteiger partial charge in [0.15, 0.2) is 5.76 Å². The van der Waals surface area contributed by atoms with Crippen molar-refractivity contribution in [3.63, 3.8) is 0 Å². The number of anilines is 1. The van der Waals surface area contributed by atoms with E-state index in [9.17, 15) is 15.0 Å². The van der Waals surface area contributed by atoms with Gasteiger partial charge in [-0.3, -0.25) is 9.78 Å². The van der Waals surface area contributed by atoms with Gasteiger partial charge in [-0.15, -0.1) is 0 Å². The molecule has 0 unspecified atom stereocenters. The molecule has 0 saturated carbocycles. The summed E-state index contributed by atoms with van der Waals surface area (Å²) in [5, 5.41) is 27.7. The molecule has 5 heterocycles. The van der Waals surface area contributed by atoms with Gasteiger partial charge in [0.2, 0.25) is 11.5 Å². The van der Waals surface area contributed by atoms with Crippen LogP contribution >= 0.6 is 0 Å². The summed E-state index contributed by atoms with van der Waals surface area (Å²) in [7, 11) is 1.63.